The van der Waals surface area contributed by atoms with Crippen LogP contribution < -0.4 is 20.1 Å². The molecular weight excluding hydrogens is 402 g/mol. The van der Waals surface area contributed by atoms with Gasteiger partial charge in [0.25, 0.3) is 5.91 Å². The molecule has 32 heavy (non-hydrogen) atoms. The maximum atomic E-state index is 12.5. The Labute approximate surface area is 193 Å². The zero-order valence-electron chi connectivity index (χ0n) is 19.8. The van der Waals surface area contributed by atoms with Gasteiger partial charge in [-0.25, -0.2) is 0 Å². The molecule has 1 amide bonds. The average molecular weight is 442 g/mol. The molecule has 6 nitrogen and oxygen atoms in total. The molecule has 0 radical (unpaired) electrons. The van der Waals surface area contributed by atoms with Gasteiger partial charge in [0.1, 0.15) is 11.6 Å². The molecule has 0 heterocycles. The van der Waals surface area contributed by atoms with E-state index in [1.165, 1.54) is 57.8 Å². The largest absolute Gasteiger partial charge is 0.493 e. The van der Waals surface area contributed by atoms with E-state index in [-0.39, 0.29) is 11.5 Å². The minimum Gasteiger partial charge on any atom is -0.493 e. The summed E-state index contributed by atoms with van der Waals surface area (Å²) in [5.41, 5.74) is 1.15. The van der Waals surface area contributed by atoms with Crippen LogP contribution in [0.4, 0.5) is 0 Å². The molecule has 2 rings (SSSR count). The van der Waals surface area contributed by atoms with Crippen molar-refractivity contribution >= 4 is 5.91 Å². The zero-order chi connectivity index (χ0) is 23.0. The first-order valence-electron chi connectivity index (χ1n) is 12.0. The third kappa shape index (κ3) is 9.21. The van der Waals surface area contributed by atoms with Gasteiger partial charge in [-0.05, 0) is 37.0 Å². The molecule has 1 saturated carbocycles. The number of carbonyl (C=O) groups is 1. The Balaban J connectivity index is 1.84. The SMILES string of the molecule is COc1ccc(CCNC(=O)/C(C#N)=C\NC2CCCCCCCCCCC2)cc1OC. The number of hydrogen-bond acceptors (Lipinski definition) is 5. The molecule has 1 aliphatic carbocycles. The highest BCUT2D eigenvalue weighted by Crippen LogP contribution is 2.27. The van der Waals surface area contributed by atoms with E-state index in [0.29, 0.717) is 30.5 Å². The van der Waals surface area contributed by atoms with E-state index in [1.54, 1.807) is 20.4 Å². The van der Waals surface area contributed by atoms with Crippen LogP contribution in [0.5, 0.6) is 11.5 Å². The van der Waals surface area contributed by atoms with Gasteiger partial charge in [0, 0.05) is 18.8 Å². The van der Waals surface area contributed by atoms with Gasteiger partial charge in [0.15, 0.2) is 11.5 Å². The van der Waals surface area contributed by atoms with Gasteiger partial charge in [-0.3, -0.25) is 4.79 Å². The van der Waals surface area contributed by atoms with Gasteiger partial charge >= 0.3 is 0 Å². The van der Waals surface area contributed by atoms with E-state index < -0.39 is 0 Å². The van der Waals surface area contributed by atoms with Crippen molar-refractivity contribution in [2.75, 3.05) is 20.8 Å². The number of carbonyl (C=O) groups excluding carboxylic acids is 1. The zero-order valence-corrected chi connectivity index (χ0v) is 19.8. The Kier molecular flexibility index (Phi) is 12.1. The molecule has 0 bridgehead atoms. The standard InChI is InChI=1S/C26H39N3O3/c1-31-24-15-14-21(18-25(24)32-2)16-17-28-26(30)22(19-27)20-29-23-12-10-8-6-4-3-5-7-9-11-13-23/h14-15,18,20,23,29H,3-13,16-17H2,1-2H3,(H,28,30)/b22-20-. The van der Waals surface area contributed by atoms with Crippen LogP contribution >= 0.6 is 0 Å². The number of methoxy groups -OCH3 is 2. The van der Waals surface area contributed by atoms with Crippen molar-refractivity contribution in [1.82, 2.24) is 10.6 Å². The number of benzene rings is 1. The lowest BCUT2D eigenvalue weighted by atomic mass is 9.98. The van der Waals surface area contributed by atoms with Gasteiger partial charge in [0.2, 0.25) is 0 Å². The third-order valence-corrected chi connectivity index (χ3v) is 6.08. The summed E-state index contributed by atoms with van der Waals surface area (Å²) in [6, 6.07) is 8.07. The summed E-state index contributed by atoms with van der Waals surface area (Å²) in [6.45, 7) is 0.441. The molecule has 0 aliphatic heterocycles. The third-order valence-electron chi connectivity index (χ3n) is 6.08. The number of nitriles is 1. The van der Waals surface area contributed by atoms with Crippen molar-refractivity contribution in [3.8, 4) is 17.6 Å². The van der Waals surface area contributed by atoms with Crippen LogP contribution in [0.3, 0.4) is 0 Å². The van der Waals surface area contributed by atoms with Crippen molar-refractivity contribution in [1.29, 1.82) is 5.26 Å². The van der Waals surface area contributed by atoms with Crippen molar-refractivity contribution in [3.63, 3.8) is 0 Å². The van der Waals surface area contributed by atoms with Crippen molar-refractivity contribution in [2.45, 2.75) is 83.1 Å². The first kappa shape index (κ1) is 25.6. The van der Waals surface area contributed by atoms with E-state index in [9.17, 15) is 10.1 Å². The Bertz CT molecular complexity index is 758. The molecule has 0 atom stereocenters. The topological polar surface area (TPSA) is 83.4 Å². The number of hydrogen-bond donors (Lipinski definition) is 2. The predicted octanol–water partition coefficient (Wildman–Crippen LogP) is 5.03. The maximum Gasteiger partial charge on any atom is 0.263 e. The number of ether oxygens (including phenoxy) is 2. The van der Waals surface area contributed by atoms with Crippen molar-refractivity contribution in [2.24, 2.45) is 0 Å². The van der Waals surface area contributed by atoms with Crippen molar-refractivity contribution in [3.05, 3.63) is 35.5 Å². The summed E-state index contributed by atoms with van der Waals surface area (Å²) in [4.78, 5) is 12.5. The van der Waals surface area contributed by atoms with Crippen LogP contribution in [0.2, 0.25) is 0 Å². The quantitative estimate of drug-likeness (QED) is 0.436. The highest BCUT2D eigenvalue weighted by molar-refractivity contribution is 5.97. The summed E-state index contributed by atoms with van der Waals surface area (Å²) in [6.07, 6.45) is 16.1. The molecule has 1 aromatic rings. The molecule has 1 aromatic carbocycles. The highest BCUT2D eigenvalue weighted by atomic mass is 16.5. The fourth-order valence-corrected chi connectivity index (χ4v) is 4.13. The predicted molar refractivity (Wildman–Crippen MR) is 128 cm³/mol. The Morgan fingerprint density at radius 2 is 1.59 bits per heavy atom. The summed E-state index contributed by atoms with van der Waals surface area (Å²) in [5, 5.41) is 15.7. The fraction of sp³-hybridized carbons (Fsp3) is 0.615. The lowest BCUT2D eigenvalue weighted by molar-refractivity contribution is -0.117. The van der Waals surface area contributed by atoms with E-state index in [4.69, 9.17) is 9.47 Å². The van der Waals surface area contributed by atoms with Crippen LogP contribution in [0, 0.1) is 11.3 Å². The first-order valence-corrected chi connectivity index (χ1v) is 12.0. The maximum absolute atomic E-state index is 12.5. The Morgan fingerprint density at radius 3 is 2.16 bits per heavy atom. The molecule has 0 spiro atoms. The van der Waals surface area contributed by atoms with Gasteiger partial charge in [-0.2, -0.15) is 5.26 Å². The average Bonchev–Trinajstić information content (AvgIpc) is 2.80. The summed E-state index contributed by atoms with van der Waals surface area (Å²) in [7, 11) is 3.20. The van der Waals surface area contributed by atoms with Crippen molar-refractivity contribution < 1.29 is 14.3 Å². The number of nitrogens with one attached hydrogen (secondary N) is 2. The first-order chi connectivity index (χ1) is 15.7. The molecule has 1 aliphatic rings. The van der Waals surface area contributed by atoms with E-state index in [0.717, 1.165) is 18.4 Å². The molecule has 176 valence electrons. The molecule has 0 saturated heterocycles. The summed E-state index contributed by atoms with van der Waals surface area (Å²) < 4.78 is 10.6. The van der Waals surface area contributed by atoms with Gasteiger partial charge < -0.3 is 20.1 Å². The second-order valence-corrected chi connectivity index (χ2v) is 8.49. The molecule has 6 heteroatoms. The minimum absolute atomic E-state index is 0.128. The van der Waals surface area contributed by atoms with Crippen LogP contribution in [0.1, 0.15) is 76.2 Å². The minimum atomic E-state index is -0.339. The summed E-state index contributed by atoms with van der Waals surface area (Å²) in [5.74, 6) is 0.997. The fourth-order valence-electron chi connectivity index (χ4n) is 4.13. The van der Waals surface area contributed by atoms with Crippen LogP contribution in [0.25, 0.3) is 0 Å². The van der Waals surface area contributed by atoms with Crippen LogP contribution in [0.15, 0.2) is 30.0 Å². The van der Waals surface area contributed by atoms with Gasteiger partial charge in [-0.1, -0.05) is 63.9 Å². The monoisotopic (exact) mass is 441 g/mol. The van der Waals surface area contributed by atoms with E-state index >= 15 is 0 Å². The highest BCUT2D eigenvalue weighted by Gasteiger charge is 2.12. The number of rotatable bonds is 8. The molecule has 0 unspecified atom stereocenters. The van der Waals surface area contributed by atoms with Crippen LogP contribution in [-0.4, -0.2) is 32.7 Å². The number of amides is 1. The molecule has 1 fully saturated rings. The Morgan fingerprint density at radius 1 is 1.00 bits per heavy atom. The molecular formula is C26H39N3O3. The second-order valence-electron chi connectivity index (χ2n) is 8.49. The van der Waals surface area contributed by atoms with Gasteiger partial charge in [0.05, 0.1) is 14.2 Å². The lowest BCUT2D eigenvalue weighted by Gasteiger charge is -2.18. The summed E-state index contributed by atoms with van der Waals surface area (Å²) >= 11 is 0. The second kappa shape index (κ2) is 15.2. The molecule has 2 N–H and O–H groups in total. The number of nitrogens with zero attached hydrogens (tertiary/aromatic N) is 1. The van der Waals surface area contributed by atoms with Gasteiger partial charge in [-0.15, -0.1) is 0 Å². The normalized spacial score (nSPS) is 16.7. The molecule has 0 aromatic heterocycles. The Hall–Kier alpha value is -2.68. The van der Waals surface area contributed by atoms with Crippen LogP contribution in [-0.2, 0) is 11.2 Å². The van der Waals surface area contributed by atoms with E-state index in [2.05, 4.69) is 10.6 Å². The smallest absolute Gasteiger partial charge is 0.263 e. The lowest BCUT2D eigenvalue weighted by Crippen LogP contribution is -2.30. The van der Waals surface area contributed by atoms with E-state index in [1.807, 2.05) is 24.3 Å².